The second-order valence-corrected chi connectivity index (χ2v) is 8.10. The Balaban J connectivity index is 2.23. The fourth-order valence-corrected chi connectivity index (χ4v) is 5.07. The van der Waals surface area contributed by atoms with Crippen LogP contribution >= 0.6 is 22.6 Å². The highest BCUT2D eigenvalue weighted by Crippen LogP contribution is 2.31. The minimum absolute atomic E-state index is 0.271. The molecule has 0 saturated heterocycles. The van der Waals surface area contributed by atoms with Crippen molar-refractivity contribution in [2.24, 2.45) is 0 Å². The molecular formula is C16H14INO2S. The molecule has 5 heteroatoms. The van der Waals surface area contributed by atoms with E-state index in [1.807, 2.05) is 44.2 Å². The molecule has 0 unspecified atom stereocenters. The van der Waals surface area contributed by atoms with Crippen molar-refractivity contribution in [2.75, 3.05) is 0 Å². The number of hydrogen-bond donors (Lipinski definition) is 1. The molecular weight excluding hydrogens is 397 g/mol. The highest BCUT2D eigenvalue weighted by molar-refractivity contribution is 14.1. The molecule has 0 saturated carbocycles. The number of aryl methyl sites for hydroxylation is 2. The van der Waals surface area contributed by atoms with Crippen LogP contribution in [0, 0.1) is 17.4 Å². The monoisotopic (exact) mass is 411 g/mol. The summed E-state index contributed by atoms with van der Waals surface area (Å²) in [6.07, 6.45) is 0. The standard InChI is InChI=1S/C16H14INO2S/c1-10-3-6-12(7-4-10)21(19,20)16-15(17)13-8-5-11(2)9-14(13)18-16/h3-9,18H,1-2H3. The van der Waals surface area contributed by atoms with Crippen LogP contribution in [-0.4, -0.2) is 13.4 Å². The summed E-state index contributed by atoms with van der Waals surface area (Å²) in [7, 11) is -3.52. The maximum absolute atomic E-state index is 12.8. The largest absolute Gasteiger partial charge is 0.344 e. The molecule has 3 nitrogen and oxygen atoms in total. The molecule has 3 aromatic rings. The van der Waals surface area contributed by atoms with E-state index in [0.29, 0.717) is 4.90 Å². The van der Waals surface area contributed by atoms with E-state index in [-0.39, 0.29) is 5.03 Å². The lowest BCUT2D eigenvalue weighted by Crippen LogP contribution is -2.04. The zero-order chi connectivity index (χ0) is 15.2. The molecule has 108 valence electrons. The molecule has 1 aromatic heterocycles. The van der Waals surface area contributed by atoms with Gasteiger partial charge in [-0.3, -0.25) is 0 Å². The lowest BCUT2D eigenvalue weighted by molar-refractivity contribution is 0.592. The Hall–Kier alpha value is -1.34. The molecule has 3 rings (SSSR count). The zero-order valence-corrected chi connectivity index (χ0v) is 14.6. The van der Waals surface area contributed by atoms with E-state index in [1.54, 1.807) is 12.1 Å². The van der Waals surface area contributed by atoms with Crippen molar-refractivity contribution < 1.29 is 8.42 Å². The minimum atomic E-state index is -3.52. The fourth-order valence-electron chi connectivity index (χ4n) is 2.27. The van der Waals surface area contributed by atoms with Crippen LogP contribution in [0.5, 0.6) is 0 Å². The Kier molecular flexibility index (Phi) is 3.57. The van der Waals surface area contributed by atoms with E-state index < -0.39 is 9.84 Å². The third-order valence-electron chi connectivity index (χ3n) is 3.46. The number of aromatic amines is 1. The van der Waals surface area contributed by atoms with Gasteiger partial charge in [0.15, 0.2) is 5.03 Å². The first kappa shape index (κ1) is 14.6. The van der Waals surface area contributed by atoms with Crippen molar-refractivity contribution in [3.63, 3.8) is 0 Å². The molecule has 0 spiro atoms. The van der Waals surface area contributed by atoms with Crippen molar-refractivity contribution in [2.45, 2.75) is 23.8 Å². The molecule has 2 aromatic carbocycles. The van der Waals surface area contributed by atoms with E-state index in [1.165, 1.54) is 0 Å². The topological polar surface area (TPSA) is 49.9 Å². The number of halogens is 1. The predicted octanol–water partition coefficient (Wildman–Crippen LogP) is 4.22. The number of aromatic nitrogens is 1. The van der Waals surface area contributed by atoms with Gasteiger partial charge in [0.2, 0.25) is 9.84 Å². The number of rotatable bonds is 2. The molecule has 0 aliphatic carbocycles. The van der Waals surface area contributed by atoms with Gasteiger partial charge in [-0.05, 0) is 60.2 Å². The number of H-pyrrole nitrogens is 1. The summed E-state index contributed by atoms with van der Waals surface area (Å²) in [5.74, 6) is 0. The molecule has 0 bridgehead atoms. The van der Waals surface area contributed by atoms with Gasteiger partial charge < -0.3 is 4.98 Å². The average molecular weight is 411 g/mol. The molecule has 1 heterocycles. The first-order chi connectivity index (χ1) is 9.89. The SMILES string of the molecule is Cc1ccc(S(=O)(=O)c2[nH]c3cc(C)ccc3c2I)cc1. The zero-order valence-electron chi connectivity index (χ0n) is 11.6. The molecule has 1 N–H and O–H groups in total. The maximum Gasteiger partial charge on any atom is 0.222 e. The molecule has 0 fully saturated rings. The highest BCUT2D eigenvalue weighted by atomic mass is 127. The summed E-state index contributed by atoms with van der Waals surface area (Å²) in [4.78, 5) is 3.38. The van der Waals surface area contributed by atoms with Gasteiger partial charge in [0.05, 0.1) is 8.47 Å². The predicted molar refractivity (Wildman–Crippen MR) is 92.4 cm³/mol. The third kappa shape index (κ3) is 2.48. The van der Waals surface area contributed by atoms with Crippen molar-refractivity contribution >= 4 is 43.3 Å². The van der Waals surface area contributed by atoms with Crippen LogP contribution in [0.3, 0.4) is 0 Å². The Morgan fingerprint density at radius 1 is 0.952 bits per heavy atom. The summed E-state index contributed by atoms with van der Waals surface area (Å²) in [5.41, 5.74) is 2.99. The van der Waals surface area contributed by atoms with Crippen LogP contribution in [0.1, 0.15) is 11.1 Å². The Bertz CT molecular complexity index is 925. The van der Waals surface area contributed by atoms with Gasteiger partial charge >= 0.3 is 0 Å². The van der Waals surface area contributed by atoms with Crippen molar-refractivity contribution in [3.8, 4) is 0 Å². The molecule has 0 aliphatic heterocycles. The smallest absolute Gasteiger partial charge is 0.222 e. The molecule has 21 heavy (non-hydrogen) atoms. The Morgan fingerprint density at radius 3 is 2.24 bits per heavy atom. The second-order valence-electron chi connectivity index (χ2n) is 5.13. The van der Waals surface area contributed by atoms with Gasteiger partial charge in [-0.15, -0.1) is 0 Å². The van der Waals surface area contributed by atoms with Crippen molar-refractivity contribution in [3.05, 3.63) is 57.2 Å². The van der Waals surface area contributed by atoms with Crippen LogP contribution in [0.25, 0.3) is 10.9 Å². The summed E-state index contributed by atoms with van der Waals surface area (Å²) in [5, 5.41) is 1.21. The van der Waals surface area contributed by atoms with E-state index in [2.05, 4.69) is 27.6 Å². The Labute approximate surface area is 137 Å². The number of benzene rings is 2. The van der Waals surface area contributed by atoms with E-state index >= 15 is 0 Å². The van der Waals surface area contributed by atoms with E-state index in [0.717, 1.165) is 25.6 Å². The molecule has 0 radical (unpaired) electrons. The Morgan fingerprint density at radius 2 is 1.57 bits per heavy atom. The number of fused-ring (bicyclic) bond motifs is 1. The molecule has 0 atom stereocenters. The average Bonchev–Trinajstić information content (AvgIpc) is 2.76. The second kappa shape index (κ2) is 5.14. The van der Waals surface area contributed by atoms with E-state index in [9.17, 15) is 8.42 Å². The third-order valence-corrected chi connectivity index (χ3v) is 6.68. The van der Waals surface area contributed by atoms with Gasteiger partial charge in [-0.2, -0.15) is 0 Å². The van der Waals surface area contributed by atoms with Gasteiger partial charge in [-0.25, -0.2) is 8.42 Å². The first-order valence-corrected chi connectivity index (χ1v) is 9.05. The molecule has 0 amide bonds. The summed E-state index contributed by atoms with van der Waals surface area (Å²) in [6.45, 7) is 3.92. The maximum atomic E-state index is 12.8. The summed E-state index contributed by atoms with van der Waals surface area (Å²) in [6, 6.07) is 12.8. The van der Waals surface area contributed by atoms with Crippen LogP contribution in [-0.2, 0) is 9.84 Å². The van der Waals surface area contributed by atoms with Gasteiger partial charge in [0, 0.05) is 10.9 Å². The minimum Gasteiger partial charge on any atom is -0.344 e. The van der Waals surface area contributed by atoms with Crippen LogP contribution in [0.4, 0.5) is 0 Å². The van der Waals surface area contributed by atoms with Crippen LogP contribution in [0.15, 0.2) is 52.4 Å². The normalized spacial score (nSPS) is 12.0. The highest BCUT2D eigenvalue weighted by Gasteiger charge is 2.24. The van der Waals surface area contributed by atoms with Crippen molar-refractivity contribution in [1.82, 2.24) is 4.98 Å². The number of sulfone groups is 1. The number of hydrogen-bond acceptors (Lipinski definition) is 2. The van der Waals surface area contributed by atoms with Gasteiger partial charge in [-0.1, -0.05) is 29.8 Å². The fraction of sp³-hybridized carbons (Fsp3) is 0.125. The summed E-state index contributed by atoms with van der Waals surface area (Å²) >= 11 is 2.09. The molecule has 0 aliphatic rings. The van der Waals surface area contributed by atoms with E-state index in [4.69, 9.17) is 0 Å². The van der Waals surface area contributed by atoms with Crippen molar-refractivity contribution in [1.29, 1.82) is 0 Å². The summed E-state index contributed by atoms with van der Waals surface area (Å²) < 4.78 is 26.3. The van der Waals surface area contributed by atoms with Gasteiger partial charge in [0.1, 0.15) is 0 Å². The lowest BCUT2D eigenvalue weighted by atomic mass is 10.2. The van der Waals surface area contributed by atoms with Gasteiger partial charge in [0.25, 0.3) is 0 Å². The first-order valence-electron chi connectivity index (χ1n) is 6.49. The van der Waals surface area contributed by atoms with Crippen LogP contribution in [0.2, 0.25) is 0 Å². The number of nitrogens with one attached hydrogen (secondary N) is 1. The van der Waals surface area contributed by atoms with Crippen LogP contribution < -0.4 is 0 Å². The lowest BCUT2D eigenvalue weighted by Gasteiger charge is -2.03. The quantitative estimate of drug-likeness (QED) is 0.642.